The molecule has 8 heteroatoms. The zero-order valence-electron chi connectivity index (χ0n) is 15.2. The number of rotatable bonds is 5. The first-order valence-electron chi connectivity index (χ1n) is 8.82. The summed E-state index contributed by atoms with van der Waals surface area (Å²) in [7, 11) is 0. The second-order valence-electron chi connectivity index (χ2n) is 6.65. The SMILES string of the molecule is Cc1nc(CN2CCCN(C(=O)CCc3c(C)noc3C)CC2)n[nH]1. The third-order valence-corrected chi connectivity index (χ3v) is 4.72. The van der Waals surface area contributed by atoms with Crippen molar-refractivity contribution >= 4 is 5.91 Å². The molecule has 3 rings (SSSR count). The normalized spacial score (nSPS) is 16.2. The van der Waals surface area contributed by atoms with Gasteiger partial charge < -0.3 is 9.42 Å². The zero-order chi connectivity index (χ0) is 17.8. The lowest BCUT2D eigenvalue weighted by atomic mass is 10.1. The number of hydrogen-bond donors (Lipinski definition) is 1. The minimum atomic E-state index is 0.204. The van der Waals surface area contributed by atoms with Gasteiger partial charge in [-0.3, -0.25) is 14.8 Å². The lowest BCUT2D eigenvalue weighted by molar-refractivity contribution is -0.131. The first-order chi connectivity index (χ1) is 12.0. The molecule has 2 aromatic heterocycles. The van der Waals surface area contributed by atoms with Crippen LogP contribution >= 0.6 is 0 Å². The van der Waals surface area contributed by atoms with Gasteiger partial charge in [-0.2, -0.15) is 5.10 Å². The standard InChI is InChI=1S/C17H26N6O2/c1-12-15(13(2)25-21-12)5-6-17(24)23-8-4-7-22(9-10-23)11-16-18-14(3)19-20-16/h4-11H2,1-3H3,(H,18,19,20). The maximum Gasteiger partial charge on any atom is 0.222 e. The van der Waals surface area contributed by atoms with Gasteiger partial charge in [-0.1, -0.05) is 5.16 Å². The van der Waals surface area contributed by atoms with Crippen molar-refractivity contribution in [3.05, 3.63) is 28.7 Å². The molecule has 8 nitrogen and oxygen atoms in total. The number of nitrogens with one attached hydrogen (secondary N) is 1. The smallest absolute Gasteiger partial charge is 0.222 e. The zero-order valence-corrected chi connectivity index (χ0v) is 15.2. The second kappa shape index (κ2) is 7.77. The van der Waals surface area contributed by atoms with Gasteiger partial charge in [-0.25, -0.2) is 4.98 Å². The number of aromatic nitrogens is 4. The first-order valence-corrected chi connectivity index (χ1v) is 8.82. The Morgan fingerprint density at radius 3 is 2.72 bits per heavy atom. The van der Waals surface area contributed by atoms with Crippen LogP contribution in [0.3, 0.4) is 0 Å². The van der Waals surface area contributed by atoms with E-state index in [4.69, 9.17) is 4.52 Å². The summed E-state index contributed by atoms with van der Waals surface area (Å²) in [5.41, 5.74) is 1.94. The first kappa shape index (κ1) is 17.6. The maximum absolute atomic E-state index is 12.6. The quantitative estimate of drug-likeness (QED) is 0.879. The third-order valence-electron chi connectivity index (χ3n) is 4.72. The largest absolute Gasteiger partial charge is 0.361 e. The molecule has 1 amide bonds. The number of aryl methyl sites for hydroxylation is 3. The number of carbonyl (C=O) groups excluding carboxylic acids is 1. The van der Waals surface area contributed by atoms with Crippen molar-refractivity contribution in [3.63, 3.8) is 0 Å². The van der Waals surface area contributed by atoms with Crippen molar-refractivity contribution < 1.29 is 9.32 Å². The average Bonchev–Trinajstić information content (AvgIpc) is 3.03. The van der Waals surface area contributed by atoms with Crippen LogP contribution in [0, 0.1) is 20.8 Å². The van der Waals surface area contributed by atoms with Gasteiger partial charge in [0, 0.05) is 38.2 Å². The molecular weight excluding hydrogens is 320 g/mol. The third kappa shape index (κ3) is 4.45. The molecular formula is C17H26N6O2. The molecule has 0 saturated carbocycles. The van der Waals surface area contributed by atoms with Gasteiger partial charge in [0.1, 0.15) is 11.6 Å². The molecule has 2 aromatic rings. The minimum Gasteiger partial charge on any atom is -0.361 e. The second-order valence-corrected chi connectivity index (χ2v) is 6.65. The average molecular weight is 346 g/mol. The number of nitrogens with zero attached hydrogens (tertiary/aromatic N) is 5. The highest BCUT2D eigenvalue weighted by atomic mass is 16.5. The van der Waals surface area contributed by atoms with Gasteiger partial charge in [-0.05, 0) is 33.6 Å². The molecule has 1 fully saturated rings. The van der Waals surface area contributed by atoms with E-state index in [2.05, 4.69) is 25.2 Å². The Morgan fingerprint density at radius 2 is 2.04 bits per heavy atom. The summed E-state index contributed by atoms with van der Waals surface area (Å²) in [5, 5.41) is 11.0. The van der Waals surface area contributed by atoms with E-state index in [1.807, 2.05) is 25.7 Å². The monoisotopic (exact) mass is 346 g/mol. The van der Waals surface area contributed by atoms with Crippen molar-refractivity contribution in [2.45, 2.75) is 46.6 Å². The number of hydrogen-bond acceptors (Lipinski definition) is 6. The Balaban J connectivity index is 1.49. The van der Waals surface area contributed by atoms with Crippen LogP contribution in [-0.2, 0) is 17.8 Å². The summed E-state index contributed by atoms with van der Waals surface area (Å²) < 4.78 is 5.17. The van der Waals surface area contributed by atoms with Crippen LogP contribution in [0.15, 0.2) is 4.52 Å². The predicted octanol–water partition coefficient (Wildman–Crippen LogP) is 1.39. The summed E-state index contributed by atoms with van der Waals surface area (Å²) in [6, 6.07) is 0. The predicted molar refractivity (Wildman–Crippen MR) is 91.9 cm³/mol. The molecule has 0 spiro atoms. The van der Waals surface area contributed by atoms with Crippen molar-refractivity contribution in [3.8, 4) is 0 Å². The summed E-state index contributed by atoms with van der Waals surface area (Å²) >= 11 is 0. The topological polar surface area (TPSA) is 91.2 Å². The molecule has 1 aliphatic rings. The van der Waals surface area contributed by atoms with E-state index >= 15 is 0 Å². The molecule has 0 unspecified atom stereocenters. The van der Waals surface area contributed by atoms with E-state index < -0.39 is 0 Å². The molecule has 0 radical (unpaired) electrons. The van der Waals surface area contributed by atoms with E-state index in [0.29, 0.717) is 12.8 Å². The van der Waals surface area contributed by atoms with Crippen LogP contribution in [-0.4, -0.2) is 62.2 Å². The van der Waals surface area contributed by atoms with E-state index in [-0.39, 0.29) is 5.91 Å². The summed E-state index contributed by atoms with van der Waals surface area (Å²) in [6.45, 7) is 9.82. The van der Waals surface area contributed by atoms with Crippen molar-refractivity contribution in [2.75, 3.05) is 26.2 Å². The van der Waals surface area contributed by atoms with Crippen molar-refractivity contribution in [2.24, 2.45) is 0 Å². The van der Waals surface area contributed by atoms with E-state index in [1.54, 1.807) is 0 Å². The molecule has 3 heterocycles. The Bertz CT molecular complexity index is 703. The molecule has 1 saturated heterocycles. The highest BCUT2D eigenvalue weighted by molar-refractivity contribution is 5.76. The molecule has 0 atom stereocenters. The molecule has 0 aliphatic carbocycles. The van der Waals surface area contributed by atoms with Gasteiger partial charge in [0.05, 0.1) is 12.2 Å². The lowest BCUT2D eigenvalue weighted by Crippen LogP contribution is -2.35. The van der Waals surface area contributed by atoms with Gasteiger partial charge in [0.2, 0.25) is 5.91 Å². The van der Waals surface area contributed by atoms with Gasteiger partial charge in [0.15, 0.2) is 5.82 Å². The van der Waals surface area contributed by atoms with E-state index in [9.17, 15) is 4.79 Å². The van der Waals surface area contributed by atoms with E-state index in [1.165, 1.54) is 0 Å². The fourth-order valence-electron chi connectivity index (χ4n) is 3.29. The molecule has 0 aromatic carbocycles. The van der Waals surface area contributed by atoms with E-state index in [0.717, 1.165) is 67.8 Å². The molecule has 1 aliphatic heterocycles. The Morgan fingerprint density at radius 1 is 1.20 bits per heavy atom. The van der Waals surface area contributed by atoms with Crippen molar-refractivity contribution in [1.82, 2.24) is 30.1 Å². The number of aromatic amines is 1. The van der Waals surface area contributed by atoms with Crippen LogP contribution in [0.5, 0.6) is 0 Å². The molecule has 0 bridgehead atoms. The van der Waals surface area contributed by atoms with Crippen LogP contribution < -0.4 is 0 Å². The fraction of sp³-hybridized carbons (Fsp3) is 0.647. The van der Waals surface area contributed by atoms with Gasteiger partial charge >= 0.3 is 0 Å². The molecule has 136 valence electrons. The molecule has 1 N–H and O–H groups in total. The Labute approximate surface area is 147 Å². The van der Waals surface area contributed by atoms with Gasteiger partial charge in [0.25, 0.3) is 0 Å². The molecule has 25 heavy (non-hydrogen) atoms. The Kier molecular flexibility index (Phi) is 5.47. The van der Waals surface area contributed by atoms with Gasteiger partial charge in [-0.15, -0.1) is 0 Å². The lowest BCUT2D eigenvalue weighted by Gasteiger charge is -2.21. The Hall–Kier alpha value is -2.22. The fourth-order valence-corrected chi connectivity index (χ4v) is 3.29. The van der Waals surface area contributed by atoms with Crippen LogP contribution in [0.2, 0.25) is 0 Å². The highest BCUT2D eigenvalue weighted by Crippen LogP contribution is 2.15. The summed E-state index contributed by atoms with van der Waals surface area (Å²) in [6.07, 6.45) is 2.17. The number of amides is 1. The maximum atomic E-state index is 12.6. The number of carbonyl (C=O) groups is 1. The van der Waals surface area contributed by atoms with Crippen LogP contribution in [0.1, 0.15) is 41.5 Å². The summed E-state index contributed by atoms with van der Waals surface area (Å²) in [4.78, 5) is 21.2. The number of H-pyrrole nitrogens is 1. The van der Waals surface area contributed by atoms with Crippen molar-refractivity contribution in [1.29, 1.82) is 0 Å². The van der Waals surface area contributed by atoms with Crippen LogP contribution in [0.4, 0.5) is 0 Å². The minimum absolute atomic E-state index is 0.204. The highest BCUT2D eigenvalue weighted by Gasteiger charge is 2.21. The van der Waals surface area contributed by atoms with Crippen LogP contribution in [0.25, 0.3) is 0 Å². The summed E-state index contributed by atoms with van der Waals surface area (Å²) in [5.74, 6) is 2.67.